The Morgan fingerprint density at radius 3 is 2.88 bits per heavy atom. The van der Waals surface area contributed by atoms with Gasteiger partial charge in [-0.1, -0.05) is 18.2 Å². The molecule has 1 N–H and O–H groups in total. The molecule has 132 valence electrons. The first-order chi connectivity index (χ1) is 12.1. The number of esters is 1. The number of dihydropyridines is 1. The first-order valence-corrected chi connectivity index (χ1v) is 9.14. The summed E-state index contributed by atoms with van der Waals surface area (Å²) in [5.41, 5.74) is 2.73. The average Bonchev–Trinajstić information content (AvgIpc) is 2.96. The third kappa shape index (κ3) is 3.24. The lowest BCUT2D eigenvalue weighted by Crippen LogP contribution is -2.28. The van der Waals surface area contributed by atoms with E-state index in [1.54, 1.807) is 25.6 Å². The minimum absolute atomic E-state index is 0.191. The molecular weight excluding hydrogens is 342 g/mol. The van der Waals surface area contributed by atoms with E-state index in [2.05, 4.69) is 5.32 Å². The summed E-state index contributed by atoms with van der Waals surface area (Å²) < 4.78 is 15.6. The predicted molar refractivity (Wildman–Crippen MR) is 92.9 cm³/mol. The van der Waals surface area contributed by atoms with Crippen LogP contribution in [0.3, 0.4) is 0 Å². The van der Waals surface area contributed by atoms with Gasteiger partial charge in [-0.3, -0.25) is 0 Å². The van der Waals surface area contributed by atoms with Crippen LogP contribution in [0.1, 0.15) is 25.3 Å². The van der Waals surface area contributed by atoms with Gasteiger partial charge < -0.3 is 19.5 Å². The van der Waals surface area contributed by atoms with Crippen molar-refractivity contribution in [3.8, 4) is 0 Å². The molecule has 0 saturated heterocycles. The standard InChI is InChI=1S/C18H19NO5S/c1-4-22-18(21)24-16-10(2)19-12-9-23-17(20)15(12)14(16)11-7-5-6-8-13(11)25-3/h5-8,14,19H,4,9H2,1-3H3. The summed E-state index contributed by atoms with van der Waals surface area (Å²) in [6.45, 7) is 3.91. The molecule has 0 aromatic heterocycles. The highest BCUT2D eigenvalue weighted by Gasteiger charge is 2.41. The van der Waals surface area contributed by atoms with Crippen LogP contribution in [-0.4, -0.2) is 31.6 Å². The summed E-state index contributed by atoms with van der Waals surface area (Å²) in [4.78, 5) is 25.3. The maximum atomic E-state index is 12.3. The minimum atomic E-state index is -0.791. The van der Waals surface area contributed by atoms with Gasteiger partial charge in [0.25, 0.3) is 0 Å². The van der Waals surface area contributed by atoms with E-state index in [4.69, 9.17) is 14.2 Å². The van der Waals surface area contributed by atoms with Crippen LogP contribution < -0.4 is 5.32 Å². The van der Waals surface area contributed by atoms with Crippen LogP contribution in [0.15, 0.2) is 51.9 Å². The Labute approximate surface area is 150 Å². The number of carbonyl (C=O) groups excluding carboxylic acids is 2. The molecule has 0 aliphatic carbocycles. The highest BCUT2D eigenvalue weighted by Crippen LogP contribution is 2.44. The van der Waals surface area contributed by atoms with Crippen molar-refractivity contribution in [3.63, 3.8) is 0 Å². The van der Waals surface area contributed by atoms with E-state index in [1.807, 2.05) is 30.5 Å². The van der Waals surface area contributed by atoms with E-state index in [9.17, 15) is 9.59 Å². The number of hydrogen-bond acceptors (Lipinski definition) is 7. The fraction of sp³-hybridized carbons (Fsp3) is 0.333. The largest absolute Gasteiger partial charge is 0.513 e. The van der Waals surface area contributed by atoms with Crippen LogP contribution in [0.4, 0.5) is 4.79 Å². The summed E-state index contributed by atoms with van der Waals surface area (Å²) in [5.74, 6) is -0.558. The third-order valence-corrected chi connectivity index (χ3v) is 4.87. The molecule has 0 fully saturated rings. The van der Waals surface area contributed by atoms with Crippen LogP contribution in [0, 0.1) is 0 Å². The second kappa shape index (κ2) is 7.23. The van der Waals surface area contributed by atoms with Crippen LogP contribution in [0.5, 0.6) is 0 Å². The van der Waals surface area contributed by atoms with Gasteiger partial charge >= 0.3 is 12.1 Å². The van der Waals surface area contributed by atoms with Gasteiger partial charge in [0.2, 0.25) is 0 Å². The molecule has 1 atom stereocenters. The summed E-state index contributed by atoms with van der Waals surface area (Å²) in [7, 11) is 0. The van der Waals surface area contributed by atoms with Crippen LogP contribution in [0.25, 0.3) is 0 Å². The fourth-order valence-electron chi connectivity index (χ4n) is 3.02. The average molecular weight is 361 g/mol. The molecule has 2 heterocycles. The first-order valence-electron chi connectivity index (χ1n) is 7.92. The molecule has 6 nitrogen and oxygen atoms in total. The van der Waals surface area contributed by atoms with Crippen LogP contribution >= 0.6 is 11.8 Å². The Hall–Kier alpha value is -2.41. The van der Waals surface area contributed by atoms with Crippen molar-refractivity contribution in [2.24, 2.45) is 0 Å². The zero-order chi connectivity index (χ0) is 18.0. The number of benzene rings is 1. The maximum absolute atomic E-state index is 12.3. The number of rotatable bonds is 4. The number of carbonyl (C=O) groups is 2. The second-order valence-corrected chi connectivity index (χ2v) is 6.39. The molecule has 2 aliphatic rings. The van der Waals surface area contributed by atoms with Gasteiger partial charge in [-0.15, -0.1) is 11.8 Å². The lowest BCUT2D eigenvalue weighted by Gasteiger charge is -2.28. The molecule has 1 aromatic carbocycles. The number of cyclic esters (lactones) is 1. The number of hydrogen-bond donors (Lipinski definition) is 1. The molecule has 2 aliphatic heterocycles. The molecule has 25 heavy (non-hydrogen) atoms. The normalized spacial score (nSPS) is 19.3. The molecule has 0 spiro atoms. The van der Waals surface area contributed by atoms with Gasteiger partial charge in [0.15, 0.2) is 0 Å². The second-order valence-electron chi connectivity index (χ2n) is 5.54. The first kappa shape index (κ1) is 17.4. The fourth-order valence-corrected chi connectivity index (χ4v) is 3.66. The highest BCUT2D eigenvalue weighted by atomic mass is 32.2. The van der Waals surface area contributed by atoms with Gasteiger partial charge in [0.05, 0.1) is 29.5 Å². The molecule has 3 rings (SSSR count). The Balaban J connectivity index is 2.10. The van der Waals surface area contributed by atoms with Crippen molar-refractivity contribution < 1.29 is 23.8 Å². The highest BCUT2D eigenvalue weighted by molar-refractivity contribution is 7.98. The Morgan fingerprint density at radius 1 is 1.40 bits per heavy atom. The summed E-state index contributed by atoms with van der Waals surface area (Å²) >= 11 is 1.57. The van der Waals surface area contributed by atoms with Crippen molar-refractivity contribution >= 4 is 23.9 Å². The summed E-state index contributed by atoms with van der Waals surface area (Å²) in [5, 5.41) is 3.12. The molecule has 0 amide bonds. The summed E-state index contributed by atoms with van der Waals surface area (Å²) in [6.07, 6.45) is 1.17. The monoisotopic (exact) mass is 361 g/mol. The summed E-state index contributed by atoms with van der Waals surface area (Å²) in [6, 6.07) is 7.73. The van der Waals surface area contributed by atoms with E-state index in [-0.39, 0.29) is 13.2 Å². The number of nitrogens with one attached hydrogen (secondary N) is 1. The predicted octanol–water partition coefficient (Wildman–Crippen LogP) is 3.31. The van der Waals surface area contributed by atoms with Gasteiger partial charge in [-0.25, -0.2) is 9.59 Å². The van der Waals surface area contributed by atoms with E-state index < -0.39 is 18.0 Å². The SMILES string of the molecule is CCOC(=O)OC1=C(C)NC2=C(C(=O)OC2)C1c1ccccc1SC. The number of ether oxygens (including phenoxy) is 3. The van der Waals surface area contributed by atoms with Gasteiger partial charge in [-0.2, -0.15) is 0 Å². The molecule has 1 unspecified atom stereocenters. The van der Waals surface area contributed by atoms with Crippen LogP contribution in [-0.2, 0) is 19.0 Å². The van der Waals surface area contributed by atoms with Crippen molar-refractivity contribution in [3.05, 3.63) is 52.6 Å². The zero-order valence-electron chi connectivity index (χ0n) is 14.3. The number of allylic oxidation sites excluding steroid dienone is 2. The topological polar surface area (TPSA) is 73.9 Å². The smallest absolute Gasteiger partial charge is 0.456 e. The Kier molecular flexibility index (Phi) is 5.03. The lowest BCUT2D eigenvalue weighted by molar-refractivity contribution is -0.136. The molecule has 0 bridgehead atoms. The van der Waals surface area contributed by atoms with Gasteiger partial charge in [0, 0.05) is 4.90 Å². The van der Waals surface area contributed by atoms with Gasteiger partial charge in [0.1, 0.15) is 12.4 Å². The quantitative estimate of drug-likeness (QED) is 0.651. The number of thioether (sulfide) groups is 1. The van der Waals surface area contributed by atoms with Crippen molar-refractivity contribution in [2.75, 3.05) is 19.5 Å². The van der Waals surface area contributed by atoms with Crippen LogP contribution in [0.2, 0.25) is 0 Å². The molecule has 7 heteroatoms. The van der Waals surface area contributed by atoms with Gasteiger partial charge in [-0.05, 0) is 31.7 Å². The minimum Gasteiger partial charge on any atom is -0.456 e. The van der Waals surface area contributed by atoms with Crippen molar-refractivity contribution in [2.45, 2.75) is 24.7 Å². The van der Waals surface area contributed by atoms with E-state index in [0.717, 1.165) is 10.5 Å². The van der Waals surface area contributed by atoms with E-state index >= 15 is 0 Å². The van der Waals surface area contributed by atoms with Crippen molar-refractivity contribution in [1.82, 2.24) is 5.32 Å². The van der Waals surface area contributed by atoms with Crippen molar-refractivity contribution in [1.29, 1.82) is 0 Å². The zero-order valence-corrected chi connectivity index (χ0v) is 15.1. The van der Waals surface area contributed by atoms with E-state index in [1.165, 1.54) is 0 Å². The molecule has 0 saturated carbocycles. The Morgan fingerprint density at radius 2 is 2.16 bits per heavy atom. The molecule has 1 aromatic rings. The maximum Gasteiger partial charge on any atom is 0.513 e. The third-order valence-electron chi connectivity index (χ3n) is 4.06. The molecular formula is C18H19NO5S. The molecule has 0 radical (unpaired) electrons. The lowest BCUT2D eigenvalue weighted by atomic mass is 9.85. The van der Waals surface area contributed by atoms with E-state index in [0.29, 0.717) is 22.7 Å². The Bertz CT molecular complexity index is 783.